The molecule has 9 heteroatoms. The standard InChI is InChI=1S/C16H10Cl2FN5O/c17-11-2-1-10(6-12(11)18)20-7-9-5-14-8(3-13(9)19)4-15(25-14)16-21-23-24-22-16/h1-6,20H,7H2,(H,21,22,23,24). The second-order valence-corrected chi connectivity index (χ2v) is 6.12. The number of nitrogens with zero attached hydrogens (tertiary/aromatic N) is 3. The van der Waals surface area contributed by atoms with E-state index in [-0.39, 0.29) is 12.4 Å². The van der Waals surface area contributed by atoms with Crippen LogP contribution in [0.3, 0.4) is 0 Å². The van der Waals surface area contributed by atoms with Crippen LogP contribution in [0.1, 0.15) is 5.56 Å². The number of rotatable bonds is 4. The van der Waals surface area contributed by atoms with Crippen LogP contribution < -0.4 is 5.32 Å². The van der Waals surface area contributed by atoms with Gasteiger partial charge in [0.05, 0.1) is 10.0 Å². The van der Waals surface area contributed by atoms with Crippen LogP contribution in [0.2, 0.25) is 10.0 Å². The molecule has 25 heavy (non-hydrogen) atoms. The van der Waals surface area contributed by atoms with Crippen molar-refractivity contribution in [3.63, 3.8) is 0 Å². The SMILES string of the molecule is Fc1cc2cc(-c3nn[nH]n3)oc2cc1CNc1ccc(Cl)c(Cl)c1. The molecule has 2 heterocycles. The Labute approximate surface area is 150 Å². The molecule has 0 unspecified atom stereocenters. The maximum atomic E-state index is 14.3. The molecule has 0 spiro atoms. The molecule has 0 amide bonds. The summed E-state index contributed by atoms with van der Waals surface area (Å²) in [6.45, 7) is 0.262. The lowest BCUT2D eigenvalue weighted by Gasteiger charge is -2.08. The minimum Gasteiger partial charge on any atom is -0.453 e. The van der Waals surface area contributed by atoms with E-state index in [2.05, 4.69) is 25.9 Å². The average Bonchev–Trinajstić information content (AvgIpc) is 3.24. The maximum Gasteiger partial charge on any atom is 0.239 e. The number of aromatic nitrogens is 4. The third kappa shape index (κ3) is 3.16. The number of furan rings is 1. The fourth-order valence-corrected chi connectivity index (χ4v) is 2.71. The van der Waals surface area contributed by atoms with E-state index >= 15 is 0 Å². The summed E-state index contributed by atoms with van der Waals surface area (Å²) in [6.07, 6.45) is 0. The smallest absolute Gasteiger partial charge is 0.239 e. The predicted molar refractivity (Wildman–Crippen MR) is 93.1 cm³/mol. The van der Waals surface area contributed by atoms with Crippen molar-refractivity contribution in [2.24, 2.45) is 0 Å². The van der Waals surface area contributed by atoms with Crippen LogP contribution in [0.4, 0.5) is 10.1 Å². The van der Waals surface area contributed by atoms with Crippen molar-refractivity contribution in [3.8, 4) is 11.6 Å². The molecule has 0 saturated carbocycles. The molecule has 0 aliphatic rings. The van der Waals surface area contributed by atoms with Gasteiger partial charge in [-0.2, -0.15) is 5.21 Å². The van der Waals surface area contributed by atoms with E-state index in [4.69, 9.17) is 27.6 Å². The van der Waals surface area contributed by atoms with Gasteiger partial charge in [-0.15, -0.1) is 10.2 Å². The molecular weight excluding hydrogens is 368 g/mol. The first kappa shape index (κ1) is 15.9. The predicted octanol–water partition coefficient (Wildman–Crippen LogP) is 4.67. The van der Waals surface area contributed by atoms with Gasteiger partial charge in [-0.25, -0.2) is 4.39 Å². The number of fused-ring (bicyclic) bond motifs is 1. The van der Waals surface area contributed by atoms with Gasteiger partial charge in [-0.05, 0) is 41.6 Å². The van der Waals surface area contributed by atoms with Crippen molar-refractivity contribution in [2.75, 3.05) is 5.32 Å². The van der Waals surface area contributed by atoms with Gasteiger partial charge >= 0.3 is 0 Å². The first-order valence-electron chi connectivity index (χ1n) is 7.25. The van der Waals surface area contributed by atoms with Gasteiger partial charge in [-0.1, -0.05) is 23.2 Å². The summed E-state index contributed by atoms with van der Waals surface area (Å²) < 4.78 is 20.0. The van der Waals surface area contributed by atoms with Crippen molar-refractivity contribution in [1.29, 1.82) is 0 Å². The number of tetrazole rings is 1. The van der Waals surface area contributed by atoms with Crippen LogP contribution in [0, 0.1) is 5.82 Å². The number of hydrogen-bond acceptors (Lipinski definition) is 5. The number of aromatic amines is 1. The van der Waals surface area contributed by atoms with E-state index < -0.39 is 0 Å². The molecule has 126 valence electrons. The van der Waals surface area contributed by atoms with E-state index in [0.29, 0.717) is 38.2 Å². The summed E-state index contributed by atoms with van der Waals surface area (Å²) in [5.41, 5.74) is 1.72. The van der Waals surface area contributed by atoms with Crippen LogP contribution >= 0.6 is 23.2 Å². The summed E-state index contributed by atoms with van der Waals surface area (Å²) in [6, 6.07) is 9.84. The highest BCUT2D eigenvalue weighted by Gasteiger charge is 2.13. The minimum absolute atomic E-state index is 0.262. The Morgan fingerprint density at radius 2 is 2.00 bits per heavy atom. The number of nitrogens with one attached hydrogen (secondary N) is 2. The molecule has 0 saturated heterocycles. The first-order valence-corrected chi connectivity index (χ1v) is 8.00. The van der Waals surface area contributed by atoms with Gasteiger partial charge < -0.3 is 9.73 Å². The highest BCUT2D eigenvalue weighted by molar-refractivity contribution is 6.42. The lowest BCUT2D eigenvalue weighted by atomic mass is 10.1. The zero-order valence-electron chi connectivity index (χ0n) is 12.6. The molecule has 2 N–H and O–H groups in total. The normalized spacial score (nSPS) is 11.2. The van der Waals surface area contributed by atoms with Crippen molar-refractivity contribution < 1.29 is 8.81 Å². The van der Waals surface area contributed by atoms with E-state index in [1.807, 2.05) is 0 Å². The molecule has 0 aliphatic heterocycles. The highest BCUT2D eigenvalue weighted by atomic mass is 35.5. The third-order valence-corrected chi connectivity index (χ3v) is 4.39. The molecule has 4 aromatic rings. The minimum atomic E-state index is -0.347. The molecule has 6 nitrogen and oxygen atoms in total. The number of hydrogen-bond donors (Lipinski definition) is 2. The molecule has 2 aromatic heterocycles. The fraction of sp³-hybridized carbons (Fsp3) is 0.0625. The lowest BCUT2D eigenvalue weighted by molar-refractivity contribution is 0.606. The number of benzene rings is 2. The Bertz CT molecular complexity index is 1050. The summed E-state index contributed by atoms with van der Waals surface area (Å²) in [4.78, 5) is 0. The van der Waals surface area contributed by atoms with Crippen LogP contribution in [0.25, 0.3) is 22.6 Å². The van der Waals surface area contributed by atoms with Crippen molar-refractivity contribution in [3.05, 3.63) is 57.8 Å². The van der Waals surface area contributed by atoms with Crippen LogP contribution in [-0.4, -0.2) is 20.6 Å². The molecule has 0 fully saturated rings. The molecule has 0 radical (unpaired) electrons. The molecular formula is C16H10Cl2FN5O. The summed E-state index contributed by atoms with van der Waals surface area (Å²) in [5.74, 6) is 0.380. The largest absolute Gasteiger partial charge is 0.453 e. The van der Waals surface area contributed by atoms with Crippen molar-refractivity contribution in [2.45, 2.75) is 6.54 Å². The Morgan fingerprint density at radius 3 is 2.76 bits per heavy atom. The molecule has 4 rings (SSSR count). The van der Waals surface area contributed by atoms with Crippen molar-refractivity contribution in [1.82, 2.24) is 20.6 Å². The summed E-state index contributed by atoms with van der Waals surface area (Å²) in [5, 5.41) is 18.1. The van der Waals surface area contributed by atoms with Gasteiger partial charge in [0.15, 0.2) is 5.76 Å². The second kappa shape index (κ2) is 6.34. The Hall–Kier alpha value is -2.64. The third-order valence-electron chi connectivity index (χ3n) is 3.65. The van der Waals surface area contributed by atoms with E-state index in [0.717, 1.165) is 5.69 Å². The van der Waals surface area contributed by atoms with E-state index in [9.17, 15) is 4.39 Å². The lowest BCUT2D eigenvalue weighted by Crippen LogP contribution is -2.01. The zero-order chi connectivity index (χ0) is 17.4. The maximum absolute atomic E-state index is 14.3. The Morgan fingerprint density at radius 1 is 1.12 bits per heavy atom. The van der Waals surface area contributed by atoms with Gasteiger partial charge in [0, 0.05) is 23.2 Å². The molecule has 0 atom stereocenters. The zero-order valence-corrected chi connectivity index (χ0v) is 14.1. The molecule has 0 bridgehead atoms. The second-order valence-electron chi connectivity index (χ2n) is 5.31. The van der Waals surface area contributed by atoms with Gasteiger partial charge in [0.1, 0.15) is 11.4 Å². The molecule has 0 aliphatic carbocycles. The van der Waals surface area contributed by atoms with E-state index in [1.54, 1.807) is 30.3 Å². The quantitative estimate of drug-likeness (QED) is 0.540. The number of H-pyrrole nitrogens is 1. The average molecular weight is 378 g/mol. The topological polar surface area (TPSA) is 79.6 Å². The van der Waals surface area contributed by atoms with Gasteiger partial charge in [0.2, 0.25) is 5.82 Å². The highest BCUT2D eigenvalue weighted by Crippen LogP contribution is 2.29. The summed E-state index contributed by atoms with van der Waals surface area (Å²) >= 11 is 11.9. The number of anilines is 1. The van der Waals surface area contributed by atoms with E-state index in [1.165, 1.54) is 6.07 Å². The number of halogens is 3. The Kier molecular flexibility index (Phi) is 4.03. The molecule has 2 aromatic carbocycles. The van der Waals surface area contributed by atoms with Crippen LogP contribution in [0.15, 0.2) is 40.8 Å². The van der Waals surface area contributed by atoms with Crippen LogP contribution in [0.5, 0.6) is 0 Å². The van der Waals surface area contributed by atoms with Crippen molar-refractivity contribution >= 4 is 39.9 Å². The van der Waals surface area contributed by atoms with Crippen LogP contribution in [-0.2, 0) is 6.54 Å². The fourth-order valence-electron chi connectivity index (χ4n) is 2.42. The Balaban J connectivity index is 1.60. The first-order chi connectivity index (χ1) is 12.1. The van der Waals surface area contributed by atoms with Gasteiger partial charge in [0.25, 0.3) is 0 Å². The van der Waals surface area contributed by atoms with Gasteiger partial charge in [-0.3, -0.25) is 0 Å². The summed E-state index contributed by atoms with van der Waals surface area (Å²) in [7, 11) is 0. The monoisotopic (exact) mass is 377 g/mol.